The van der Waals surface area contributed by atoms with Gasteiger partial charge >= 0.3 is 6.18 Å². The molecule has 0 radical (unpaired) electrons. The van der Waals surface area contributed by atoms with Crippen LogP contribution in [0.1, 0.15) is 18.4 Å². The molecule has 168 valence electrons. The third-order valence-corrected chi connectivity index (χ3v) is 7.34. The highest BCUT2D eigenvalue weighted by molar-refractivity contribution is 7.89. The van der Waals surface area contributed by atoms with E-state index in [-0.39, 0.29) is 23.7 Å². The van der Waals surface area contributed by atoms with Crippen molar-refractivity contribution < 1.29 is 26.4 Å². The summed E-state index contributed by atoms with van der Waals surface area (Å²) in [6.07, 6.45) is -1.97. The standard InChI is InChI=1S/C22H20F3N3O3S/c23-22(24,25)17-8-10-18(11-9-17)27-21(29)16-6-3-13-28(14-16)32(30,31)19-7-1-4-15-5-2-12-26-20(15)19/h1-2,4-5,7-12,16H,3,6,13-14H2,(H,27,29)/t16-/m0/s1. The van der Waals surface area contributed by atoms with E-state index in [4.69, 9.17) is 0 Å². The average molecular weight is 463 g/mol. The Hall–Kier alpha value is -2.98. The van der Waals surface area contributed by atoms with Gasteiger partial charge in [0.2, 0.25) is 15.9 Å². The number of anilines is 1. The molecule has 0 aliphatic carbocycles. The number of hydrogen-bond acceptors (Lipinski definition) is 4. The van der Waals surface area contributed by atoms with Gasteiger partial charge in [0.25, 0.3) is 0 Å². The Morgan fingerprint density at radius 3 is 2.50 bits per heavy atom. The molecule has 32 heavy (non-hydrogen) atoms. The minimum atomic E-state index is -4.46. The summed E-state index contributed by atoms with van der Waals surface area (Å²) in [5.74, 6) is -1.05. The summed E-state index contributed by atoms with van der Waals surface area (Å²) in [5, 5.41) is 3.29. The minimum absolute atomic E-state index is 0.0159. The van der Waals surface area contributed by atoms with E-state index in [1.807, 2.05) is 0 Å². The molecule has 0 saturated carbocycles. The Bertz CT molecular complexity index is 1240. The Balaban J connectivity index is 1.51. The summed E-state index contributed by atoms with van der Waals surface area (Å²) >= 11 is 0. The van der Waals surface area contributed by atoms with Crippen LogP contribution in [0.15, 0.2) is 65.7 Å². The SMILES string of the molecule is O=C(Nc1ccc(C(F)(F)F)cc1)[C@H]1CCCN(S(=O)(=O)c2cccc3cccnc23)C1. The van der Waals surface area contributed by atoms with Gasteiger partial charge in [-0.15, -0.1) is 0 Å². The predicted molar refractivity (Wildman–Crippen MR) is 113 cm³/mol. The lowest BCUT2D eigenvalue weighted by Gasteiger charge is -2.31. The van der Waals surface area contributed by atoms with Crippen LogP contribution in [-0.2, 0) is 21.0 Å². The maximum atomic E-state index is 13.3. The van der Waals surface area contributed by atoms with Gasteiger partial charge in [0.15, 0.2) is 0 Å². The van der Waals surface area contributed by atoms with Crippen molar-refractivity contribution in [3.8, 4) is 0 Å². The third kappa shape index (κ3) is 4.46. The molecule has 10 heteroatoms. The molecule has 1 amide bonds. The largest absolute Gasteiger partial charge is 0.416 e. The van der Waals surface area contributed by atoms with Gasteiger partial charge in [0, 0.05) is 30.4 Å². The molecule has 1 aromatic heterocycles. The van der Waals surface area contributed by atoms with Crippen molar-refractivity contribution >= 4 is 32.5 Å². The summed E-state index contributed by atoms with van der Waals surface area (Å²) in [7, 11) is -3.88. The molecule has 1 fully saturated rings. The van der Waals surface area contributed by atoms with Gasteiger partial charge in [0.1, 0.15) is 4.90 Å². The predicted octanol–water partition coefficient (Wildman–Crippen LogP) is 4.29. The molecule has 6 nitrogen and oxygen atoms in total. The highest BCUT2D eigenvalue weighted by atomic mass is 32.2. The van der Waals surface area contributed by atoms with Crippen LogP contribution in [0.2, 0.25) is 0 Å². The molecule has 2 heterocycles. The third-order valence-electron chi connectivity index (χ3n) is 5.45. The van der Waals surface area contributed by atoms with Crippen LogP contribution in [0.3, 0.4) is 0 Å². The number of nitrogens with one attached hydrogen (secondary N) is 1. The molecule has 4 rings (SSSR count). The van der Waals surface area contributed by atoms with E-state index in [2.05, 4.69) is 10.3 Å². The quantitative estimate of drug-likeness (QED) is 0.626. The van der Waals surface area contributed by atoms with Crippen LogP contribution < -0.4 is 5.32 Å². The number of fused-ring (bicyclic) bond motifs is 1. The van der Waals surface area contributed by atoms with Crippen LogP contribution in [0.4, 0.5) is 18.9 Å². The Morgan fingerprint density at radius 2 is 1.78 bits per heavy atom. The van der Waals surface area contributed by atoms with Gasteiger partial charge in [-0.1, -0.05) is 18.2 Å². The molecular weight excluding hydrogens is 443 g/mol. The Morgan fingerprint density at radius 1 is 1.06 bits per heavy atom. The first-order valence-corrected chi connectivity index (χ1v) is 11.4. The molecule has 1 atom stereocenters. The molecular formula is C22H20F3N3O3S. The minimum Gasteiger partial charge on any atom is -0.326 e. The van der Waals surface area contributed by atoms with E-state index >= 15 is 0 Å². The number of para-hydroxylation sites is 1. The maximum Gasteiger partial charge on any atom is 0.416 e. The van der Waals surface area contributed by atoms with Crippen LogP contribution in [0, 0.1) is 5.92 Å². The van der Waals surface area contributed by atoms with E-state index in [0.717, 1.165) is 12.1 Å². The van der Waals surface area contributed by atoms with Gasteiger partial charge in [-0.2, -0.15) is 17.5 Å². The van der Waals surface area contributed by atoms with Crippen LogP contribution in [0.25, 0.3) is 10.9 Å². The van der Waals surface area contributed by atoms with Crippen molar-refractivity contribution in [3.63, 3.8) is 0 Å². The summed E-state index contributed by atoms with van der Waals surface area (Å²) in [6, 6.07) is 12.6. The molecule has 3 aromatic rings. The van der Waals surface area contributed by atoms with Crippen LogP contribution >= 0.6 is 0 Å². The molecule has 0 spiro atoms. The van der Waals surface area contributed by atoms with Crippen molar-refractivity contribution in [1.29, 1.82) is 0 Å². The first kappa shape index (κ1) is 22.2. The highest BCUT2D eigenvalue weighted by Gasteiger charge is 2.35. The lowest BCUT2D eigenvalue weighted by molar-refractivity contribution is -0.137. The lowest BCUT2D eigenvalue weighted by Crippen LogP contribution is -2.43. The van der Waals surface area contributed by atoms with Gasteiger partial charge in [-0.3, -0.25) is 9.78 Å². The molecule has 0 unspecified atom stereocenters. The number of carbonyl (C=O) groups is 1. The number of carbonyl (C=O) groups excluding carboxylic acids is 1. The number of rotatable bonds is 4. The molecule has 2 aromatic carbocycles. The number of aromatic nitrogens is 1. The number of halogens is 3. The second-order valence-corrected chi connectivity index (χ2v) is 9.50. The zero-order valence-electron chi connectivity index (χ0n) is 16.8. The smallest absolute Gasteiger partial charge is 0.326 e. The summed E-state index contributed by atoms with van der Waals surface area (Å²) < 4.78 is 66.0. The van der Waals surface area contributed by atoms with E-state index in [1.54, 1.807) is 24.3 Å². The zero-order valence-corrected chi connectivity index (χ0v) is 17.7. The highest BCUT2D eigenvalue weighted by Crippen LogP contribution is 2.31. The van der Waals surface area contributed by atoms with Gasteiger partial charge in [-0.05, 0) is 49.2 Å². The van der Waals surface area contributed by atoms with Gasteiger partial charge in [-0.25, -0.2) is 8.42 Å². The van der Waals surface area contributed by atoms with E-state index in [9.17, 15) is 26.4 Å². The van der Waals surface area contributed by atoms with Crippen LogP contribution in [0.5, 0.6) is 0 Å². The number of nitrogens with zero attached hydrogens (tertiary/aromatic N) is 2. The van der Waals surface area contributed by atoms with Crippen LogP contribution in [-0.4, -0.2) is 36.7 Å². The number of amides is 1. The topological polar surface area (TPSA) is 79.4 Å². The Kier molecular flexibility index (Phi) is 5.91. The molecule has 0 bridgehead atoms. The van der Waals surface area contributed by atoms with Crippen molar-refractivity contribution in [1.82, 2.24) is 9.29 Å². The number of alkyl halides is 3. The number of hydrogen-bond donors (Lipinski definition) is 1. The number of sulfonamides is 1. The van der Waals surface area contributed by atoms with E-state index in [1.165, 1.54) is 28.7 Å². The Labute approximate surface area is 183 Å². The monoisotopic (exact) mass is 463 g/mol. The fourth-order valence-corrected chi connectivity index (χ4v) is 5.47. The summed E-state index contributed by atoms with van der Waals surface area (Å²) in [5.41, 5.74) is -0.221. The van der Waals surface area contributed by atoms with E-state index in [0.29, 0.717) is 23.7 Å². The van der Waals surface area contributed by atoms with Crippen molar-refractivity contribution in [2.24, 2.45) is 5.92 Å². The molecule has 1 aliphatic rings. The maximum absolute atomic E-state index is 13.3. The molecule has 1 N–H and O–H groups in total. The first-order chi connectivity index (χ1) is 15.2. The normalized spacial score (nSPS) is 17.9. The summed E-state index contributed by atoms with van der Waals surface area (Å²) in [6.45, 7) is 0.258. The number of benzene rings is 2. The van der Waals surface area contributed by atoms with Crippen molar-refractivity contribution in [3.05, 3.63) is 66.4 Å². The fourth-order valence-electron chi connectivity index (χ4n) is 3.79. The second-order valence-electron chi connectivity index (χ2n) is 7.60. The van der Waals surface area contributed by atoms with Crippen molar-refractivity contribution in [2.45, 2.75) is 23.9 Å². The number of piperidine rings is 1. The zero-order chi connectivity index (χ0) is 22.9. The van der Waals surface area contributed by atoms with E-state index < -0.39 is 33.6 Å². The lowest BCUT2D eigenvalue weighted by atomic mass is 9.98. The molecule has 1 saturated heterocycles. The van der Waals surface area contributed by atoms with Gasteiger partial charge in [0.05, 0.1) is 17.0 Å². The second kappa shape index (κ2) is 8.51. The molecule has 1 aliphatic heterocycles. The number of pyridine rings is 1. The van der Waals surface area contributed by atoms with Gasteiger partial charge < -0.3 is 5.32 Å². The fraction of sp³-hybridized carbons (Fsp3) is 0.273. The summed E-state index contributed by atoms with van der Waals surface area (Å²) in [4.78, 5) is 17.0. The average Bonchev–Trinajstić information content (AvgIpc) is 2.78. The first-order valence-electron chi connectivity index (χ1n) is 9.98. The van der Waals surface area contributed by atoms with Crippen molar-refractivity contribution in [2.75, 3.05) is 18.4 Å².